The Labute approximate surface area is 36.7 Å². The molecule has 0 aromatic carbocycles. The van der Waals surface area contributed by atoms with Crippen LogP contribution in [0.1, 0.15) is 0 Å². The van der Waals surface area contributed by atoms with Crippen LogP contribution in [0.15, 0.2) is 0 Å². The van der Waals surface area contributed by atoms with Crippen LogP contribution in [-0.4, -0.2) is 26.5 Å². The number of hydrogen-bond donors (Lipinski definition) is 2. The minimum absolute atomic E-state index is 3.13. The van der Waals surface area contributed by atoms with Crippen molar-refractivity contribution in [2.24, 2.45) is 0 Å². The summed E-state index contributed by atoms with van der Waals surface area (Å²) in [4.78, 5) is 14.3. The molecule has 1 radical (unpaired) electrons. The molecule has 0 saturated heterocycles. The van der Waals surface area contributed by atoms with Crippen LogP contribution in [0.2, 0.25) is 0 Å². The summed E-state index contributed by atoms with van der Waals surface area (Å²) in [6.45, 7) is 0. The van der Waals surface area contributed by atoms with Gasteiger partial charge in [-0.25, -0.2) is 0 Å². The van der Waals surface area contributed by atoms with Crippen molar-refractivity contribution in [2.75, 3.05) is 0 Å². The van der Waals surface area contributed by atoms with Gasteiger partial charge in [0.15, 0.2) is 0 Å². The molecule has 0 saturated carbocycles. The van der Waals surface area contributed by atoms with Crippen LogP contribution < -0.4 is 0 Å². The fraction of sp³-hybridized carbons (Fsp3) is 0. The molecule has 0 unspecified atom stereocenters. The van der Waals surface area contributed by atoms with E-state index in [1.165, 1.54) is 0 Å². The SMILES string of the molecule is O=[Si](O)O.[B]=O. The van der Waals surface area contributed by atoms with Crippen LogP contribution in [-0.2, 0) is 9.17 Å². The molecule has 2 N–H and O–H groups in total. The van der Waals surface area contributed by atoms with Gasteiger partial charge >= 0.3 is 21.6 Å². The second kappa shape index (κ2) is 8.82. The standard InChI is InChI=1S/BO.H2O3Si/c1-2;1-4(2)3/h;1-2H. The molecule has 0 spiro atoms. The summed E-state index contributed by atoms with van der Waals surface area (Å²) in [5, 5.41) is 0. The summed E-state index contributed by atoms with van der Waals surface area (Å²) in [6.07, 6.45) is 0. The van der Waals surface area contributed by atoms with Gasteiger partial charge in [0.1, 0.15) is 0 Å². The normalized spacial score (nSPS) is 4.50. The van der Waals surface area contributed by atoms with Gasteiger partial charge in [-0.1, -0.05) is 0 Å². The third-order valence-electron chi connectivity index (χ3n) is 0. The van der Waals surface area contributed by atoms with Crippen molar-refractivity contribution in [3.05, 3.63) is 0 Å². The van der Waals surface area contributed by atoms with Gasteiger partial charge in [-0.3, -0.25) is 4.46 Å². The molecule has 0 aliphatic heterocycles. The van der Waals surface area contributed by atoms with Gasteiger partial charge < -0.3 is 9.59 Å². The molecule has 6 heavy (non-hydrogen) atoms. The zero-order valence-electron chi connectivity index (χ0n) is 2.79. The van der Waals surface area contributed by atoms with E-state index in [9.17, 15) is 0 Å². The maximum absolute atomic E-state index is 8.74. The Morgan fingerprint density at radius 2 is 1.33 bits per heavy atom. The third kappa shape index (κ3) is 79.9. The van der Waals surface area contributed by atoms with Gasteiger partial charge in [-0.2, -0.15) is 0 Å². The van der Waals surface area contributed by atoms with Gasteiger partial charge in [0, 0.05) is 0 Å². The predicted molar refractivity (Wildman–Crippen MR) is 17.3 cm³/mol. The van der Waals surface area contributed by atoms with Crippen LogP contribution in [0.3, 0.4) is 0 Å². The number of rotatable bonds is 0. The molecule has 0 aliphatic carbocycles. The van der Waals surface area contributed by atoms with E-state index >= 15 is 0 Å². The van der Waals surface area contributed by atoms with Gasteiger partial charge in [0.2, 0.25) is 0 Å². The maximum atomic E-state index is 8.74. The van der Waals surface area contributed by atoms with Gasteiger partial charge in [0.25, 0.3) is 0 Å². The van der Waals surface area contributed by atoms with E-state index in [-0.39, 0.29) is 0 Å². The Morgan fingerprint density at radius 1 is 1.33 bits per heavy atom. The molecule has 0 heterocycles. The molecule has 0 rings (SSSR count). The molecule has 4 nitrogen and oxygen atoms in total. The second-order valence-electron chi connectivity index (χ2n) is 0.283. The molecule has 0 atom stereocenters. The van der Waals surface area contributed by atoms with Crippen LogP contribution in [0.25, 0.3) is 0 Å². The van der Waals surface area contributed by atoms with Crippen molar-refractivity contribution < 1.29 is 18.8 Å². The number of hydrogen-bond acceptors (Lipinski definition) is 2. The molecule has 0 aromatic rings. The molecule has 0 aliphatic rings. The fourth-order valence-electron chi connectivity index (χ4n) is 0. The Kier molecular flexibility index (Phi) is 13.4. The molecule has 0 bridgehead atoms. The first-order chi connectivity index (χ1) is 2.73. The van der Waals surface area contributed by atoms with Crippen molar-refractivity contribution in [1.29, 1.82) is 0 Å². The quantitative estimate of drug-likeness (QED) is 0.345. The second-order valence-corrected chi connectivity index (χ2v) is 0.848. The zero-order chi connectivity index (χ0) is 5.58. The van der Waals surface area contributed by atoms with Crippen molar-refractivity contribution in [1.82, 2.24) is 0 Å². The summed E-state index contributed by atoms with van der Waals surface area (Å²) in [5.74, 6) is 0. The van der Waals surface area contributed by atoms with E-state index in [1.807, 2.05) is 0 Å². The van der Waals surface area contributed by atoms with Gasteiger partial charge in [-0.15, -0.1) is 0 Å². The Bertz CT molecular complexity index is 38.8. The molecule has 0 amide bonds. The van der Waals surface area contributed by atoms with E-state index in [1.54, 1.807) is 0 Å². The summed E-state index contributed by atoms with van der Waals surface area (Å²) in [5.41, 5.74) is 0. The van der Waals surface area contributed by atoms with Crippen molar-refractivity contribution >= 4 is 16.9 Å². The summed E-state index contributed by atoms with van der Waals surface area (Å²) >= 11 is 0. The van der Waals surface area contributed by atoms with Crippen LogP contribution >= 0.6 is 0 Å². The molecular weight excluding hydrogens is 103 g/mol. The first-order valence-electron chi connectivity index (χ1n) is 0.887. The van der Waals surface area contributed by atoms with Crippen LogP contribution in [0.5, 0.6) is 0 Å². The molecular formula is H2BO4Si. The van der Waals surface area contributed by atoms with Crippen molar-refractivity contribution in [3.8, 4) is 0 Å². The minimum atomic E-state index is -3.13. The monoisotopic (exact) mass is 105 g/mol. The Balaban J connectivity index is 0. The molecule has 6 heteroatoms. The topological polar surface area (TPSA) is 74.6 Å². The van der Waals surface area contributed by atoms with Crippen molar-refractivity contribution in [3.63, 3.8) is 0 Å². The van der Waals surface area contributed by atoms with Crippen LogP contribution in [0.4, 0.5) is 0 Å². The van der Waals surface area contributed by atoms with E-state index < -0.39 is 9.17 Å². The summed E-state index contributed by atoms with van der Waals surface area (Å²) in [6, 6.07) is 0. The fourth-order valence-corrected chi connectivity index (χ4v) is 0. The van der Waals surface area contributed by atoms with Crippen LogP contribution in [0, 0.1) is 0 Å². The first-order valence-corrected chi connectivity index (χ1v) is 2.19. The van der Waals surface area contributed by atoms with E-state index in [0.29, 0.717) is 0 Å². The zero-order valence-corrected chi connectivity index (χ0v) is 3.79. The van der Waals surface area contributed by atoms with E-state index in [2.05, 4.69) is 7.72 Å². The summed E-state index contributed by atoms with van der Waals surface area (Å²) < 4.78 is 16.5. The van der Waals surface area contributed by atoms with Gasteiger partial charge in [-0.05, 0) is 0 Å². The molecule has 33 valence electrons. The van der Waals surface area contributed by atoms with E-state index in [0.717, 1.165) is 0 Å². The summed E-state index contributed by atoms with van der Waals surface area (Å²) in [7, 11) is 0.120. The van der Waals surface area contributed by atoms with E-state index in [4.69, 9.17) is 18.8 Å². The Hall–Kier alpha value is -0.518. The van der Waals surface area contributed by atoms with Gasteiger partial charge in [0.05, 0.1) is 0 Å². The third-order valence-corrected chi connectivity index (χ3v) is 0. The molecule has 0 fully saturated rings. The van der Waals surface area contributed by atoms with Crippen molar-refractivity contribution in [2.45, 2.75) is 0 Å². The first kappa shape index (κ1) is 9.08. The predicted octanol–water partition coefficient (Wildman–Crippen LogP) is -2.11. The average molecular weight is 105 g/mol. The Morgan fingerprint density at radius 3 is 1.33 bits per heavy atom. The average Bonchev–Trinajstić information content (AvgIpc) is 1.41. The molecule has 0 aromatic heterocycles.